The minimum Gasteiger partial charge on any atom is -0.492 e. The van der Waals surface area contributed by atoms with Crippen molar-refractivity contribution in [3.05, 3.63) is 65.2 Å². The van der Waals surface area contributed by atoms with Gasteiger partial charge in [-0.25, -0.2) is 4.79 Å². The molecule has 1 amide bonds. The lowest BCUT2D eigenvalue weighted by Gasteiger charge is -2.12. The first-order valence-electron chi connectivity index (χ1n) is 8.32. The summed E-state index contributed by atoms with van der Waals surface area (Å²) in [6, 6.07) is 14.0. The summed E-state index contributed by atoms with van der Waals surface area (Å²) in [6.07, 6.45) is 0. The molecule has 0 aliphatic carbocycles. The Bertz CT molecular complexity index is 742. The zero-order chi connectivity index (χ0) is 18.9. The van der Waals surface area contributed by atoms with Crippen molar-refractivity contribution in [3.8, 4) is 5.75 Å². The largest absolute Gasteiger partial charge is 0.492 e. The third-order valence-corrected chi connectivity index (χ3v) is 3.73. The summed E-state index contributed by atoms with van der Waals surface area (Å²) >= 11 is 0. The fraction of sp³-hybridized carbons (Fsp3) is 0.300. The lowest BCUT2D eigenvalue weighted by atomic mass is 10.1. The first kappa shape index (κ1) is 19.5. The number of amides is 1. The van der Waals surface area contributed by atoms with Crippen LogP contribution in [-0.4, -0.2) is 51.1 Å². The molecular weight excluding hydrogens is 332 g/mol. The predicted octanol–water partition coefficient (Wildman–Crippen LogP) is 2.34. The van der Waals surface area contributed by atoms with Gasteiger partial charge in [0.25, 0.3) is 5.91 Å². The van der Waals surface area contributed by atoms with Gasteiger partial charge in [0.05, 0.1) is 12.7 Å². The summed E-state index contributed by atoms with van der Waals surface area (Å²) in [7, 11) is 5.31. The summed E-state index contributed by atoms with van der Waals surface area (Å²) in [5, 5.41) is 2.86. The van der Waals surface area contributed by atoms with Gasteiger partial charge >= 0.3 is 5.97 Å². The van der Waals surface area contributed by atoms with Gasteiger partial charge in [-0.1, -0.05) is 12.1 Å². The maximum Gasteiger partial charge on any atom is 0.337 e. The van der Waals surface area contributed by atoms with E-state index < -0.39 is 5.97 Å². The average Bonchev–Trinajstić information content (AvgIpc) is 2.65. The van der Waals surface area contributed by atoms with Gasteiger partial charge in [-0.15, -0.1) is 0 Å². The van der Waals surface area contributed by atoms with Crippen LogP contribution in [0.4, 0.5) is 0 Å². The van der Waals surface area contributed by atoms with Crippen LogP contribution >= 0.6 is 0 Å². The van der Waals surface area contributed by atoms with Gasteiger partial charge in [0.1, 0.15) is 12.4 Å². The molecule has 0 fully saturated rings. The van der Waals surface area contributed by atoms with Crippen LogP contribution in [0.25, 0.3) is 0 Å². The molecule has 2 aromatic rings. The van der Waals surface area contributed by atoms with Gasteiger partial charge in [-0.2, -0.15) is 0 Å². The number of hydrogen-bond acceptors (Lipinski definition) is 5. The molecule has 26 heavy (non-hydrogen) atoms. The lowest BCUT2D eigenvalue weighted by Crippen LogP contribution is -2.23. The van der Waals surface area contributed by atoms with E-state index in [4.69, 9.17) is 4.74 Å². The van der Waals surface area contributed by atoms with Crippen molar-refractivity contribution < 1.29 is 19.1 Å². The second-order valence-electron chi connectivity index (χ2n) is 6.05. The van der Waals surface area contributed by atoms with Crippen LogP contribution in [0.5, 0.6) is 5.75 Å². The number of likely N-dealkylation sites (N-methyl/N-ethyl adjacent to an activating group) is 1. The number of ether oxygens (including phenoxy) is 2. The van der Waals surface area contributed by atoms with E-state index in [1.165, 1.54) is 7.11 Å². The summed E-state index contributed by atoms with van der Waals surface area (Å²) in [5.41, 5.74) is 1.84. The van der Waals surface area contributed by atoms with Crippen LogP contribution in [-0.2, 0) is 11.3 Å². The summed E-state index contributed by atoms with van der Waals surface area (Å²) in [5.74, 6) is 0.143. The second-order valence-corrected chi connectivity index (χ2v) is 6.05. The SMILES string of the molecule is COC(=O)c1ccc(C(=O)NCc2cccc(OCCN(C)C)c2)cc1. The van der Waals surface area contributed by atoms with Crippen LogP contribution < -0.4 is 10.1 Å². The van der Waals surface area contributed by atoms with Crippen LogP contribution in [0.3, 0.4) is 0 Å². The summed E-state index contributed by atoms with van der Waals surface area (Å²) in [4.78, 5) is 25.7. The fourth-order valence-corrected chi connectivity index (χ4v) is 2.25. The molecule has 6 nitrogen and oxygen atoms in total. The zero-order valence-corrected chi connectivity index (χ0v) is 15.3. The Balaban J connectivity index is 1.89. The van der Waals surface area contributed by atoms with Gasteiger partial charge in [0.2, 0.25) is 0 Å². The number of methoxy groups -OCH3 is 1. The molecule has 6 heteroatoms. The Labute approximate surface area is 153 Å². The normalized spacial score (nSPS) is 10.5. The Morgan fingerprint density at radius 1 is 1.04 bits per heavy atom. The molecule has 0 spiro atoms. The summed E-state index contributed by atoms with van der Waals surface area (Å²) in [6.45, 7) is 1.83. The highest BCUT2D eigenvalue weighted by molar-refractivity contribution is 5.96. The highest BCUT2D eigenvalue weighted by Crippen LogP contribution is 2.13. The van der Waals surface area contributed by atoms with Crippen molar-refractivity contribution in [1.82, 2.24) is 10.2 Å². The molecule has 138 valence electrons. The molecule has 0 aromatic heterocycles. The molecule has 0 radical (unpaired) electrons. The molecule has 0 heterocycles. The number of rotatable bonds is 8. The third kappa shape index (κ3) is 5.89. The monoisotopic (exact) mass is 356 g/mol. The van der Waals surface area contributed by atoms with Gasteiger partial charge in [-0.3, -0.25) is 4.79 Å². The lowest BCUT2D eigenvalue weighted by molar-refractivity contribution is 0.0600. The highest BCUT2D eigenvalue weighted by Gasteiger charge is 2.09. The molecule has 0 atom stereocenters. The van der Waals surface area contributed by atoms with Crippen molar-refractivity contribution in [3.63, 3.8) is 0 Å². The molecule has 0 aliphatic rings. The Morgan fingerprint density at radius 2 is 1.73 bits per heavy atom. The Morgan fingerprint density at radius 3 is 2.38 bits per heavy atom. The van der Waals surface area contributed by atoms with Crippen molar-refractivity contribution in [2.24, 2.45) is 0 Å². The molecule has 0 aliphatic heterocycles. The van der Waals surface area contributed by atoms with E-state index in [1.54, 1.807) is 24.3 Å². The van der Waals surface area contributed by atoms with Crippen molar-refractivity contribution in [2.45, 2.75) is 6.54 Å². The van der Waals surface area contributed by atoms with Gasteiger partial charge < -0.3 is 19.7 Å². The number of hydrogen-bond donors (Lipinski definition) is 1. The van der Waals surface area contributed by atoms with Crippen molar-refractivity contribution >= 4 is 11.9 Å². The molecule has 2 rings (SSSR count). The molecule has 1 N–H and O–H groups in total. The smallest absolute Gasteiger partial charge is 0.337 e. The number of nitrogens with zero attached hydrogens (tertiary/aromatic N) is 1. The topological polar surface area (TPSA) is 67.9 Å². The van der Waals surface area contributed by atoms with Crippen LogP contribution in [0.1, 0.15) is 26.3 Å². The number of nitrogens with one attached hydrogen (secondary N) is 1. The van der Waals surface area contributed by atoms with Crippen molar-refractivity contribution in [2.75, 3.05) is 34.4 Å². The number of carbonyl (C=O) groups is 2. The molecule has 0 saturated heterocycles. The number of carbonyl (C=O) groups excluding carboxylic acids is 2. The fourth-order valence-electron chi connectivity index (χ4n) is 2.25. The van der Waals surface area contributed by atoms with Gasteiger partial charge in [-0.05, 0) is 56.1 Å². The molecule has 0 bridgehead atoms. The third-order valence-electron chi connectivity index (χ3n) is 3.73. The first-order chi connectivity index (χ1) is 12.5. The van der Waals surface area contributed by atoms with Crippen LogP contribution in [0.15, 0.2) is 48.5 Å². The van der Waals surface area contributed by atoms with Crippen LogP contribution in [0.2, 0.25) is 0 Å². The number of benzene rings is 2. The molecule has 0 saturated carbocycles. The first-order valence-corrected chi connectivity index (χ1v) is 8.32. The minimum atomic E-state index is -0.428. The molecule has 2 aromatic carbocycles. The standard InChI is InChI=1S/C20H24N2O4/c1-22(2)11-12-26-18-6-4-5-15(13-18)14-21-19(23)16-7-9-17(10-8-16)20(24)25-3/h4-10,13H,11-12,14H2,1-3H3,(H,21,23). The van der Waals surface area contributed by atoms with E-state index in [0.29, 0.717) is 24.3 Å². The predicted molar refractivity (Wildman–Crippen MR) is 99.4 cm³/mol. The Hall–Kier alpha value is -2.86. The minimum absolute atomic E-state index is 0.208. The van der Waals surface area contributed by atoms with E-state index in [2.05, 4.69) is 15.0 Å². The van der Waals surface area contributed by atoms with Crippen LogP contribution in [0, 0.1) is 0 Å². The van der Waals surface area contributed by atoms with Gasteiger partial charge in [0.15, 0.2) is 0 Å². The maximum absolute atomic E-state index is 12.2. The quantitative estimate of drug-likeness (QED) is 0.736. The van der Waals surface area contributed by atoms with Crippen molar-refractivity contribution in [1.29, 1.82) is 0 Å². The van der Waals surface area contributed by atoms with E-state index in [0.717, 1.165) is 17.9 Å². The molecular formula is C20H24N2O4. The van der Waals surface area contributed by atoms with E-state index in [9.17, 15) is 9.59 Å². The van der Waals surface area contributed by atoms with E-state index in [-0.39, 0.29) is 5.91 Å². The van der Waals surface area contributed by atoms with Gasteiger partial charge in [0, 0.05) is 18.7 Å². The maximum atomic E-state index is 12.2. The number of esters is 1. The highest BCUT2D eigenvalue weighted by atomic mass is 16.5. The average molecular weight is 356 g/mol. The second kappa shape index (κ2) is 9.58. The summed E-state index contributed by atoms with van der Waals surface area (Å²) < 4.78 is 10.3. The molecule has 0 unspecified atom stereocenters. The Kier molecular flexibility index (Phi) is 7.17. The zero-order valence-electron chi connectivity index (χ0n) is 15.3. The van der Waals surface area contributed by atoms with E-state index >= 15 is 0 Å². The van der Waals surface area contributed by atoms with E-state index in [1.807, 2.05) is 38.4 Å².